The second-order valence-electron chi connectivity index (χ2n) is 13.0. The first kappa shape index (κ1) is 33.3. The maximum atomic E-state index is 13.3. The van der Waals surface area contributed by atoms with Crippen molar-refractivity contribution in [2.75, 3.05) is 6.61 Å². The number of benzene rings is 2. The molecule has 0 aliphatic carbocycles. The lowest BCUT2D eigenvalue weighted by Crippen LogP contribution is -2.32. The predicted octanol–water partition coefficient (Wildman–Crippen LogP) is 7.42. The Bertz CT molecular complexity index is 1100. The van der Waals surface area contributed by atoms with Gasteiger partial charge >= 0.3 is 11.9 Å². The minimum Gasteiger partial charge on any atom is -0.466 e. The normalized spacial score (nSPS) is 13.4. The summed E-state index contributed by atoms with van der Waals surface area (Å²) in [7, 11) is -1.34. The van der Waals surface area contributed by atoms with Gasteiger partial charge in [0.2, 0.25) is 5.91 Å². The van der Waals surface area contributed by atoms with Crippen LogP contribution >= 0.6 is 0 Å². The molecule has 40 heavy (non-hydrogen) atoms. The van der Waals surface area contributed by atoms with Crippen LogP contribution in [-0.2, 0) is 25.5 Å². The molecule has 2 rings (SSSR count). The van der Waals surface area contributed by atoms with Crippen LogP contribution in [0.4, 0.5) is 0 Å². The summed E-state index contributed by atoms with van der Waals surface area (Å²) in [5, 5.41) is 0. The Hall–Kier alpha value is -2.93. The Morgan fingerprint density at radius 1 is 0.850 bits per heavy atom. The predicted molar refractivity (Wildman–Crippen MR) is 165 cm³/mol. The van der Waals surface area contributed by atoms with Gasteiger partial charge in [-0.15, -0.1) is 0 Å². The minimum atomic E-state index is -1.34. The smallest absolute Gasteiger partial charge is 0.309 e. The molecule has 0 radical (unpaired) electrons. The van der Waals surface area contributed by atoms with E-state index in [0.29, 0.717) is 37.9 Å². The Morgan fingerprint density at radius 3 is 1.90 bits per heavy atom. The van der Waals surface area contributed by atoms with Crippen molar-refractivity contribution in [1.29, 1.82) is 0 Å². The highest BCUT2D eigenvalue weighted by Crippen LogP contribution is 2.28. The number of ether oxygens (including phenoxy) is 2. The summed E-state index contributed by atoms with van der Waals surface area (Å²) in [5.41, 5.74) is 8.40. The van der Waals surface area contributed by atoms with Crippen molar-refractivity contribution in [2.24, 2.45) is 17.6 Å². The standard InChI is InChI=1S/C33H49NO5Si/c1-8-9-10-28(32(37)39-33(2,3)4)23-29(31(36)38-21-22-40(5,6)7)16-13-24-11-14-25(15-12-24)26-17-19-27(20-18-26)30(34)35/h11-12,14-15,17-20,28-29H,8-10,13,16,21-23H2,1-7H3,(H2,34,35)/t28-,29+/m0/s1. The minimum absolute atomic E-state index is 0.213. The third-order valence-corrected chi connectivity index (χ3v) is 8.59. The number of esters is 2. The molecule has 0 saturated carbocycles. The summed E-state index contributed by atoms with van der Waals surface area (Å²) in [5.74, 6) is -1.60. The Morgan fingerprint density at radius 2 is 1.40 bits per heavy atom. The highest BCUT2D eigenvalue weighted by Gasteiger charge is 2.31. The summed E-state index contributed by atoms with van der Waals surface area (Å²) < 4.78 is 11.5. The number of carbonyl (C=O) groups is 3. The summed E-state index contributed by atoms with van der Waals surface area (Å²) in [6, 6.07) is 16.3. The molecule has 0 unspecified atom stereocenters. The van der Waals surface area contributed by atoms with Gasteiger partial charge in [-0.25, -0.2) is 0 Å². The number of unbranched alkanes of at least 4 members (excludes halogenated alkanes) is 1. The van der Waals surface area contributed by atoms with E-state index < -0.39 is 19.6 Å². The number of hydrogen-bond donors (Lipinski definition) is 1. The molecule has 0 fully saturated rings. The van der Waals surface area contributed by atoms with E-state index >= 15 is 0 Å². The van der Waals surface area contributed by atoms with Crippen molar-refractivity contribution in [1.82, 2.24) is 0 Å². The fourth-order valence-electron chi connectivity index (χ4n) is 4.45. The van der Waals surface area contributed by atoms with E-state index in [1.807, 2.05) is 45.0 Å². The van der Waals surface area contributed by atoms with Crippen LogP contribution in [-0.4, -0.2) is 38.1 Å². The van der Waals surface area contributed by atoms with E-state index in [0.717, 1.165) is 35.6 Å². The molecule has 0 spiro atoms. The van der Waals surface area contributed by atoms with Gasteiger partial charge in [-0.1, -0.05) is 75.8 Å². The Labute approximate surface area is 242 Å². The topological polar surface area (TPSA) is 95.7 Å². The third-order valence-electron chi connectivity index (χ3n) is 6.88. The molecule has 220 valence electrons. The van der Waals surface area contributed by atoms with Gasteiger partial charge in [-0.3, -0.25) is 14.4 Å². The lowest BCUT2D eigenvalue weighted by molar-refractivity contribution is -0.162. The second-order valence-corrected chi connectivity index (χ2v) is 18.6. The maximum absolute atomic E-state index is 13.3. The summed E-state index contributed by atoms with van der Waals surface area (Å²) in [4.78, 5) is 37.7. The highest BCUT2D eigenvalue weighted by molar-refractivity contribution is 6.76. The van der Waals surface area contributed by atoms with Crippen molar-refractivity contribution in [2.45, 2.75) is 97.5 Å². The zero-order valence-corrected chi connectivity index (χ0v) is 26.5. The average molecular weight is 568 g/mol. The average Bonchev–Trinajstić information content (AvgIpc) is 2.86. The molecule has 2 aromatic carbocycles. The molecule has 2 aromatic rings. The van der Waals surface area contributed by atoms with Gasteiger partial charge in [0.15, 0.2) is 0 Å². The summed E-state index contributed by atoms with van der Waals surface area (Å²) in [6.45, 7) is 14.9. The summed E-state index contributed by atoms with van der Waals surface area (Å²) >= 11 is 0. The lowest BCUT2D eigenvalue weighted by atomic mass is 9.86. The number of amides is 1. The number of primary amides is 1. The first-order chi connectivity index (χ1) is 18.7. The second kappa shape index (κ2) is 15.2. The molecule has 7 heteroatoms. The molecule has 1 amide bonds. The molecular formula is C33H49NO5Si. The molecule has 6 nitrogen and oxygen atoms in total. The first-order valence-electron chi connectivity index (χ1n) is 14.6. The van der Waals surface area contributed by atoms with E-state index in [-0.39, 0.29) is 23.8 Å². The van der Waals surface area contributed by atoms with Crippen molar-refractivity contribution < 1.29 is 23.9 Å². The zero-order valence-electron chi connectivity index (χ0n) is 25.5. The van der Waals surface area contributed by atoms with Crippen LogP contribution in [0.3, 0.4) is 0 Å². The highest BCUT2D eigenvalue weighted by atomic mass is 28.3. The molecule has 2 N–H and O–H groups in total. The molecule has 0 aromatic heterocycles. The zero-order chi connectivity index (χ0) is 29.9. The van der Waals surface area contributed by atoms with Crippen molar-refractivity contribution in [3.05, 3.63) is 59.7 Å². The first-order valence-corrected chi connectivity index (χ1v) is 18.3. The molecule has 0 heterocycles. The van der Waals surface area contributed by atoms with Gasteiger partial charge in [-0.05, 0) is 81.3 Å². The van der Waals surface area contributed by atoms with Gasteiger partial charge in [0.1, 0.15) is 5.60 Å². The van der Waals surface area contributed by atoms with Crippen LogP contribution in [0.25, 0.3) is 11.1 Å². The molecular weight excluding hydrogens is 518 g/mol. The number of carbonyl (C=O) groups excluding carboxylic acids is 3. The van der Waals surface area contributed by atoms with Gasteiger partial charge < -0.3 is 15.2 Å². The quantitative estimate of drug-likeness (QED) is 0.178. The van der Waals surface area contributed by atoms with Gasteiger partial charge in [-0.2, -0.15) is 0 Å². The van der Waals surface area contributed by atoms with E-state index in [1.165, 1.54) is 0 Å². The maximum Gasteiger partial charge on any atom is 0.309 e. The molecule has 0 bridgehead atoms. The van der Waals surface area contributed by atoms with Crippen molar-refractivity contribution >= 4 is 25.9 Å². The number of hydrogen-bond acceptors (Lipinski definition) is 5. The summed E-state index contributed by atoms with van der Waals surface area (Å²) in [6.07, 6.45) is 4.32. The Kier molecular flexibility index (Phi) is 12.6. The van der Waals surface area contributed by atoms with Gasteiger partial charge in [0, 0.05) is 13.6 Å². The molecule has 0 aliphatic rings. The number of rotatable bonds is 15. The van der Waals surface area contributed by atoms with Crippen molar-refractivity contribution in [3.8, 4) is 11.1 Å². The van der Waals surface area contributed by atoms with E-state index in [9.17, 15) is 14.4 Å². The fraction of sp³-hybridized carbons (Fsp3) is 0.545. The van der Waals surface area contributed by atoms with E-state index in [1.54, 1.807) is 12.1 Å². The molecule has 2 atom stereocenters. The third kappa shape index (κ3) is 12.1. The van der Waals surface area contributed by atoms with Crippen molar-refractivity contribution in [3.63, 3.8) is 0 Å². The lowest BCUT2D eigenvalue weighted by Gasteiger charge is -2.26. The SMILES string of the molecule is CCCC[C@@H](C[C@@H](CCc1ccc(-c2ccc(C(N)=O)cc2)cc1)C(=O)OCC[Si](C)(C)C)C(=O)OC(C)(C)C. The number of aryl methyl sites for hydroxylation is 1. The van der Waals surface area contributed by atoms with Gasteiger partial charge in [0.25, 0.3) is 0 Å². The van der Waals surface area contributed by atoms with Crippen LogP contribution in [0.2, 0.25) is 25.7 Å². The Balaban J connectivity index is 2.16. The van der Waals surface area contributed by atoms with E-state index in [4.69, 9.17) is 15.2 Å². The van der Waals surface area contributed by atoms with Crippen LogP contribution in [0.15, 0.2) is 48.5 Å². The fourth-order valence-corrected chi connectivity index (χ4v) is 5.16. The van der Waals surface area contributed by atoms with Crippen LogP contribution in [0.1, 0.15) is 75.7 Å². The van der Waals surface area contributed by atoms with Crippen LogP contribution < -0.4 is 5.73 Å². The molecule has 0 saturated heterocycles. The van der Waals surface area contributed by atoms with Crippen LogP contribution in [0.5, 0.6) is 0 Å². The largest absolute Gasteiger partial charge is 0.466 e. The molecule has 0 aliphatic heterocycles. The van der Waals surface area contributed by atoms with Crippen LogP contribution in [0, 0.1) is 11.8 Å². The van der Waals surface area contributed by atoms with E-state index in [2.05, 4.69) is 38.7 Å². The van der Waals surface area contributed by atoms with Gasteiger partial charge in [0.05, 0.1) is 18.4 Å². The monoisotopic (exact) mass is 567 g/mol. The number of nitrogens with two attached hydrogens (primary N) is 1.